The molecule has 8 N–H and O–H groups in total. The Hall–Kier alpha value is -8.81. The van der Waals surface area contributed by atoms with Crippen molar-refractivity contribution in [3.63, 3.8) is 0 Å². The number of amides is 6. The Labute approximate surface area is 428 Å². The fourth-order valence-corrected chi connectivity index (χ4v) is 8.17. The van der Waals surface area contributed by atoms with E-state index in [0.717, 1.165) is 27.2 Å². The van der Waals surface area contributed by atoms with E-state index in [9.17, 15) is 53.6 Å². The van der Waals surface area contributed by atoms with E-state index in [-0.39, 0.29) is 68.2 Å². The number of nitrogens with zero attached hydrogens (tertiary/aromatic N) is 4. The Kier molecular flexibility index (Phi) is 17.0. The lowest BCUT2D eigenvalue weighted by molar-refractivity contribution is -0.688. The lowest BCUT2D eigenvalue weighted by Gasteiger charge is -2.38. The third kappa shape index (κ3) is 13.8. The van der Waals surface area contributed by atoms with Crippen LogP contribution in [-0.4, -0.2) is 114 Å². The van der Waals surface area contributed by atoms with Gasteiger partial charge in [-0.3, -0.25) is 24.1 Å². The van der Waals surface area contributed by atoms with E-state index in [4.69, 9.17) is 9.47 Å². The molecule has 3 aromatic carbocycles. The third-order valence-corrected chi connectivity index (χ3v) is 12.2. The summed E-state index contributed by atoms with van der Waals surface area (Å²) in [5.41, 5.74) is 5.46. The van der Waals surface area contributed by atoms with Crippen molar-refractivity contribution in [1.82, 2.24) is 24.9 Å². The van der Waals surface area contributed by atoms with Crippen molar-refractivity contribution in [3.8, 4) is 28.7 Å². The van der Waals surface area contributed by atoms with Crippen LogP contribution in [0.15, 0.2) is 128 Å². The van der Waals surface area contributed by atoms with Gasteiger partial charge in [-0.25, -0.2) is 23.5 Å². The molecule has 20 nitrogen and oxygen atoms in total. The number of aliphatic hydroxyl groups excluding tert-OH is 3. The molecule has 75 heavy (non-hydrogen) atoms. The lowest BCUT2D eigenvalue weighted by Crippen LogP contribution is -2.61. The van der Waals surface area contributed by atoms with Gasteiger partial charge in [0.1, 0.15) is 35.5 Å². The van der Waals surface area contributed by atoms with Gasteiger partial charge in [-0.1, -0.05) is 24.3 Å². The molecule has 3 aromatic heterocycles. The van der Waals surface area contributed by atoms with Gasteiger partial charge in [0.15, 0.2) is 25.0 Å². The van der Waals surface area contributed by atoms with E-state index in [1.807, 2.05) is 64.1 Å². The molecule has 386 valence electrons. The zero-order valence-corrected chi connectivity index (χ0v) is 40.1. The first-order valence-corrected chi connectivity index (χ1v) is 23.9. The first-order valence-electron chi connectivity index (χ1n) is 23.9. The number of anilines is 2. The number of aromatic nitrogens is 3. The van der Waals surface area contributed by atoms with Crippen LogP contribution in [0.3, 0.4) is 0 Å². The number of unbranched alkanes of at least 4 members (excludes halogenated alkanes) is 2. The number of fused-ring (bicyclic) bond motifs is 1. The number of rotatable bonds is 19. The second-order valence-electron chi connectivity index (χ2n) is 17.6. The molecule has 6 amide bonds. The van der Waals surface area contributed by atoms with Gasteiger partial charge in [0.05, 0.1) is 5.69 Å². The molecule has 0 unspecified atom stereocenters. The maximum Gasteiger partial charge on any atom is 0.335 e. The van der Waals surface area contributed by atoms with Crippen molar-refractivity contribution in [1.29, 1.82) is 0 Å². The van der Waals surface area contributed by atoms with Crippen LogP contribution in [0, 0.1) is 17.7 Å². The first kappa shape index (κ1) is 52.5. The molecule has 0 aliphatic carbocycles. The quantitative estimate of drug-likeness (QED) is 0.0251. The number of ether oxygens (including phenoxy) is 2. The van der Waals surface area contributed by atoms with E-state index in [1.54, 1.807) is 42.6 Å². The fourth-order valence-electron chi connectivity index (χ4n) is 8.17. The van der Waals surface area contributed by atoms with Crippen molar-refractivity contribution in [3.05, 3.63) is 156 Å². The van der Waals surface area contributed by atoms with Crippen LogP contribution in [0.1, 0.15) is 54.4 Å². The molecule has 0 saturated carbocycles. The molecule has 0 spiro atoms. The van der Waals surface area contributed by atoms with E-state index in [2.05, 4.69) is 38.1 Å². The number of benzene rings is 3. The van der Waals surface area contributed by atoms with Gasteiger partial charge in [0.2, 0.25) is 18.1 Å². The Balaban J connectivity index is 0.942. The number of carboxylic acids is 1. The molecule has 6 aromatic rings. The molecule has 2 aliphatic rings. The van der Waals surface area contributed by atoms with Crippen LogP contribution in [0.2, 0.25) is 0 Å². The summed E-state index contributed by atoms with van der Waals surface area (Å²) in [6.45, 7) is 0.734. The van der Waals surface area contributed by atoms with E-state index < -0.39 is 54.4 Å². The molecule has 0 radical (unpaired) electrons. The smallest absolute Gasteiger partial charge is 0.335 e. The van der Waals surface area contributed by atoms with Crippen molar-refractivity contribution in [2.24, 2.45) is 0 Å². The van der Waals surface area contributed by atoms with E-state index >= 15 is 0 Å². The highest BCUT2D eigenvalue weighted by molar-refractivity contribution is 6.12. The average Bonchev–Trinajstić information content (AvgIpc) is 4.00. The number of halogens is 1. The van der Waals surface area contributed by atoms with Crippen molar-refractivity contribution < 1.29 is 67.6 Å². The normalized spacial score (nSPS) is 18.0. The molecular weight excluding hydrogens is 972 g/mol. The maximum atomic E-state index is 13.7. The Morgan fingerprint density at radius 2 is 1.55 bits per heavy atom. The summed E-state index contributed by atoms with van der Waals surface area (Å²) in [5.74, 6) is 2.59. The van der Waals surface area contributed by atoms with Gasteiger partial charge in [0.25, 0.3) is 11.8 Å². The summed E-state index contributed by atoms with van der Waals surface area (Å²) < 4.78 is 28.6. The molecule has 0 bridgehead atoms. The molecule has 21 heteroatoms. The van der Waals surface area contributed by atoms with Crippen LogP contribution in [0.25, 0.3) is 16.8 Å². The number of imidazole rings is 1. The number of carbonyl (C=O) groups excluding carboxylic acids is 5. The number of aliphatic carboxylic acids is 1. The Morgan fingerprint density at radius 1 is 0.773 bits per heavy atom. The van der Waals surface area contributed by atoms with Gasteiger partial charge in [-0.05, 0) is 96.3 Å². The van der Waals surface area contributed by atoms with E-state index in [0.29, 0.717) is 41.6 Å². The Morgan fingerprint density at radius 3 is 2.31 bits per heavy atom. The van der Waals surface area contributed by atoms with Crippen molar-refractivity contribution >= 4 is 52.7 Å². The monoisotopic (exact) mass is 1020 g/mol. The largest absolute Gasteiger partial charge is 0.479 e. The van der Waals surface area contributed by atoms with Gasteiger partial charge < -0.3 is 55.6 Å². The summed E-state index contributed by atoms with van der Waals surface area (Å²) in [7, 11) is 0. The topological polar surface area (TPSA) is 274 Å². The van der Waals surface area contributed by atoms with Crippen LogP contribution in [-0.2, 0) is 41.8 Å². The molecule has 2 aliphatic heterocycles. The number of hydrogen-bond donors (Lipinski definition) is 8. The number of aliphatic hydroxyl groups is 3. The molecule has 8 rings (SSSR count). The predicted octanol–water partition coefficient (Wildman–Crippen LogP) is 3.40. The minimum Gasteiger partial charge on any atom is -0.479 e. The fraction of sp³-hybridized carbons (Fsp3) is 0.259. The average molecular weight is 1020 g/mol. The van der Waals surface area contributed by atoms with Crippen molar-refractivity contribution in [2.45, 2.75) is 75.9 Å². The zero-order valence-electron chi connectivity index (χ0n) is 40.1. The maximum absolute atomic E-state index is 13.7. The first-order chi connectivity index (χ1) is 36.2. The number of carboxylic acid groups (broad SMARTS) is 1. The third-order valence-electron chi connectivity index (χ3n) is 12.2. The highest BCUT2D eigenvalue weighted by Crippen LogP contribution is 2.32. The summed E-state index contributed by atoms with van der Waals surface area (Å²) in [5, 5.41) is 52.1. The lowest BCUT2D eigenvalue weighted by atomic mass is 9.99. The standard InChI is InChI=1S/C54H51FN8O12/c55-38-10-6-33(7-11-38)5-9-37-30-39(59-54(73)58-31-34-18-26-62-27-22-56-43(62)29-34)12-13-40(37)36-19-24-61(25-20-36)32-35-8-14-42(74-53-50(70)48(68)49(69)51(75-53)52(71)72)41(28-35)60-45(65)17-21-57-44(64)4-2-1-3-23-63-46(66)15-16-47(63)67/h6-8,10-16,18-20,22,24-30,48-51,53,68-70H,1-4,17,21,23,31-32H2,(H4,57,58,60,64,65,71,72,73)/p+1/t48-,49-,50+,51-,53+/m0/s1. The second kappa shape index (κ2) is 24.3. The predicted molar refractivity (Wildman–Crippen MR) is 267 cm³/mol. The van der Waals surface area contributed by atoms with Gasteiger partial charge >= 0.3 is 12.0 Å². The Bertz CT molecular complexity index is 3170. The number of pyridine rings is 2. The summed E-state index contributed by atoms with van der Waals surface area (Å²) in [6, 6.07) is 22.8. The van der Waals surface area contributed by atoms with Gasteiger partial charge in [0, 0.05) is 97.7 Å². The zero-order chi connectivity index (χ0) is 53.0. The molecular formula is C54H52FN8O12+. The molecule has 5 heterocycles. The highest BCUT2D eigenvalue weighted by atomic mass is 19.1. The molecule has 1 saturated heterocycles. The second-order valence-corrected chi connectivity index (χ2v) is 17.6. The number of nitrogens with one attached hydrogen (secondary N) is 4. The number of urea groups is 1. The van der Waals surface area contributed by atoms with Crippen LogP contribution >= 0.6 is 0 Å². The minimum atomic E-state index is -1.96. The van der Waals surface area contributed by atoms with Crippen LogP contribution in [0.5, 0.6) is 5.75 Å². The van der Waals surface area contributed by atoms with Gasteiger partial charge in [-0.2, -0.15) is 0 Å². The highest BCUT2D eigenvalue weighted by Gasteiger charge is 2.48. The van der Waals surface area contributed by atoms with Gasteiger partial charge in [-0.15, -0.1) is 0 Å². The minimum absolute atomic E-state index is 0.0285. The SMILES string of the molecule is O=C(CCCCCN1C(=O)C=CC1=O)NCCC(=O)Nc1cc(C[n+]2ccc(-c3ccc(NC(=O)NCc4ccn5ccnc5c4)cc3C#Cc3ccc(F)cc3)cc2)ccc1O[C@@H]1O[C@H](C(=O)O)[C@@H](O)[C@H](O)[C@H]1O. The number of imide groups is 1. The number of hydrogen-bond acceptors (Lipinski definition) is 12. The summed E-state index contributed by atoms with van der Waals surface area (Å²) >= 11 is 0. The molecule has 1 fully saturated rings. The summed E-state index contributed by atoms with van der Waals surface area (Å²) in [4.78, 5) is 79.6. The van der Waals surface area contributed by atoms with Crippen LogP contribution in [0.4, 0.5) is 20.6 Å². The van der Waals surface area contributed by atoms with Crippen LogP contribution < -0.4 is 30.6 Å². The summed E-state index contributed by atoms with van der Waals surface area (Å²) in [6.07, 6.45) is 3.54. The molecule has 5 atom stereocenters. The number of carbonyl (C=O) groups is 6. The van der Waals surface area contributed by atoms with E-state index in [1.165, 1.54) is 30.4 Å². The van der Waals surface area contributed by atoms with Crippen molar-refractivity contribution in [2.75, 3.05) is 23.7 Å².